The van der Waals surface area contributed by atoms with Crippen LogP contribution in [0.5, 0.6) is 0 Å². The Morgan fingerprint density at radius 3 is 3.16 bits per heavy atom. The maximum Gasteiger partial charge on any atom is 0.193 e. The van der Waals surface area contributed by atoms with Crippen LogP contribution in [0.2, 0.25) is 0 Å². The second-order valence-corrected chi connectivity index (χ2v) is 5.35. The summed E-state index contributed by atoms with van der Waals surface area (Å²) < 4.78 is 2.03. The average Bonchev–Trinajstić information content (AvgIpc) is 2.97. The standard InChI is InChI=1S/C13H15N5S/c1-9-7-15-3-2-11(9)12(17-14)6-10-8-18-4-5-19-13(18)16-10/h2-5,7-8,12,17H,6,14H2,1H3. The lowest BCUT2D eigenvalue weighted by molar-refractivity contribution is 0.544. The van der Waals surface area contributed by atoms with E-state index in [1.54, 1.807) is 17.5 Å². The molecule has 3 aromatic heterocycles. The summed E-state index contributed by atoms with van der Waals surface area (Å²) in [6.07, 6.45) is 8.46. The van der Waals surface area contributed by atoms with Crippen molar-refractivity contribution in [3.05, 3.63) is 53.1 Å². The second-order valence-electron chi connectivity index (χ2n) is 4.48. The first-order valence-electron chi connectivity index (χ1n) is 6.05. The molecule has 3 rings (SSSR count). The monoisotopic (exact) mass is 273 g/mol. The van der Waals surface area contributed by atoms with Crippen LogP contribution in [0.3, 0.4) is 0 Å². The lowest BCUT2D eigenvalue weighted by atomic mass is 10.0. The molecular formula is C13H15N5S. The predicted octanol–water partition coefficient (Wildman–Crippen LogP) is 1.85. The fourth-order valence-electron chi connectivity index (χ4n) is 2.22. The number of hydrazine groups is 1. The highest BCUT2D eigenvalue weighted by molar-refractivity contribution is 7.15. The lowest BCUT2D eigenvalue weighted by Crippen LogP contribution is -2.30. The van der Waals surface area contributed by atoms with Crippen molar-refractivity contribution in [2.24, 2.45) is 5.84 Å². The van der Waals surface area contributed by atoms with Gasteiger partial charge in [-0.25, -0.2) is 4.98 Å². The van der Waals surface area contributed by atoms with Crippen molar-refractivity contribution in [1.82, 2.24) is 19.8 Å². The molecule has 0 saturated carbocycles. The van der Waals surface area contributed by atoms with Gasteiger partial charge in [-0.05, 0) is 24.1 Å². The smallest absolute Gasteiger partial charge is 0.193 e. The van der Waals surface area contributed by atoms with Crippen LogP contribution in [0.15, 0.2) is 36.2 Å². The number of imidazole rings is 1. The zero-order valence-corrected chi connectivity index (χ0v) is 11.4. The largest absolute Gasteiger partial charge is 0.297 e. The number of nitrogens with two attached hydrogens (primary N) is 1. The summed E-state index contributed by atoms with van der Waals surface area (Å²) in [4.78, 5) is 9.71. The van der Waals surface area contributed by atoms with Gasteiger partial charge in [0.1, 0.15) is 0 Å². The molecule has 3 aromatic rings. The van der Waals surface area contributed by atoms with E-state index in [0.717, 1.165) is 28.2 Å². The highest BCUT2D eigenvalue weighted by Crippen LogP contribution is 2.21. The molecule has 1 unspecified atom stereocenters. The van der Waals surface area contributed by atoms with E-state index >= 15 is 0 Å². The molecule has 0 bridgehead atoms. The van der Waals surface area contributed by atoms with Crippen LogP contribution >= 0.6 is 11.3 Å². The minimum Gasteiger partial charge on any atom is -0.297 e. The molecule has 6 heteroatoms. The molecule has 0 aliphatic heterocycles. The molecular weight excluding hydrogens is 258 g/mol. The number of aromatic nitrogens is 3. The normalized spacial score (nSPS) is 12.9. The third kappa shape index (κ3) is 2.37. The van der Waals surface area contributed by atoms with Crippen LogP contribution in [0, 0.1) is 6.92 Å². The number of pyridine rings is 1. The van der Waals surface area contributed by atoms with Gasteiger partial charge in [0.25, 0.3) is 0 Å². The van der Waals surface area contributed by atoms with E-state index in [1.807, 2.05) is 41.4 Å². The number of aryl methyl sites for hydroxylation is 1. The Morgan fingerprint density at radius 1 is 1.53 bits per heavy atom. The van der Waals surface area contributed by atoms with Crippen LogP contribution in [0.4, 0.5) is 0 Å². The fourth-order valence-corrected chi connectivity index (χ4v) is 2.94. The molecule has 3 heterocycles. The van der Waals surface area contributed by atoms with Crippen molar-refractivity contribution in [2.75, 3.05) is 0 Å². The summed E-state index contributed by atoms with van der Waals surface area (Å²) in [6, 6.07) is 2.05. The van der Waals surface area contributed by atoms with Crippen molar-refractivity contribution in [3.63, 3.8) is 0 Å². The van der Waals surface area contributed by atoms with Crippen LogP contribution in [-0.4, -0.2) is 14.4 Å². The Bertz CT molecular complexity index is 658. The molecule has 5 nitrogen and oxygen atoms in total. The van der Waals surface area contributed by atoms with Crippen molar-refractivity contribution >= 4 is 16.3 Å². The van der Waals surface area contributed by atoms with E-state index in [2.05, 4.69) is 15.4 Å². The maximum absolute atomic E-state index is 5.69. The first kappa shape index (κ1) is 12.3. The molecule has 0 aromatic carbocycles. The molecule has 0 saturated heterocycles. The summed E-state index contributed by atoms with van der Waals surface area (Å²) in [5.74, 6) is 5.69. The van der Waals surface area contributed by atoms with Gasteiger partial charge >= 0.3 is 0 Å². The number of fused-ring (bicyclic) bond motifs is 1. The first-order valence-corrected chi connectivity index (χ1v) is 6.93. The number of nitrogens with one attached hydrogen (secondary N) is 1. The Labute approximate surface area is 115 Å². The van der Waals surface area contributed by atoms with Gasteiger partial charge in [0.15, 0.2) is 4.96 Å². The Morgan fingerprint density at radius 2 is 2.42 bits per heavy atom. The van der Waals surface area contributed by atoms with Crippen LogP contribution in [0.1, 0.15) is 22.9 Å². The molecule has 98 valence electrons. The van der Waals surface area contributed by atoms with Gasteiger partial charge in [0.2, 0.25) is 0 Å². The summed E-state index contributed by atoms with van der Waals surface area (Å²) in [7, 11) is 0. The number of rotatable bonds is 4. The van der Waals surface area contributed by atoms with Crippen molar-refractivity contribution in [2.45, 2.75) is 19.4 Å². The van der Waals surface area contributed by atoms with E-state index in [-0.39, 0.29) is 6.04 Å². The Balaban J connectivity index is 1.87. The van der Waals surface area contributed by atoms with Crippen LogP contribution < -0.4 is 11.3 Å². The van der Waals surface area contributed by atoms with Gasteiger partial charge in [-0.1, -0.05) is 0 Å². The molecule has 0 amide bonds. The van der Waals surface area contributed by atoms with Gasteiger partial charge in [0.05, 0.1) is 11.7 Å². The first-order chi connectivity index (χ1) is 9.28. The van der Waals surface area contributed by atoms with Crippen molar-refractivity contribution in [3.8, 4) is 0 Å². The summed E-state index contributed by atoms with van der Waals surface area (Å²) in [5.41, 5.74) is 6.20. The summed E-state index contributed by atoms with van der Waals surface area (Å²) in [5, 5.41) is 2.03. The van der Waals surface area contributed by atoms with E-state index in [1.165, 1.54) is 0 Å². The van der Waals surface area contributed by atoms with E-state index in [9.17, 15) is 0 Å². The molecule has 3 N–H and O–H groups in total. The average molecular weight is 273 g/mol. The Hall–Kier alpha value is -1.76. The van der Waals surface area contributed by atoms with Gasteiger partial charge < -0.3 is 0 Å². The number of thiazole rings is 1. The van der Waals surface area contributed by atoms with Crippen LogP contribution in [0.25, 0.3) is 4.96 Å². The van der Waals surface area contributed by atoms with Gasteiger partial charge in [-0.15, -0.1) is 11.3 Å². The van der Waals surface area contributed by atoms with Gasteiger partial charge in [-0.3, -0.25) is 20.7 Å². The minimum atomic E-state index is 0.0487. The zero-order valence-electron chi connectivity index (χ0n) is 10.6. The Kier molecular flexibility index (Phi) is 3.29. The molecule has 0 spiro atoms. The number of hydrogen-bond donors (Lipinski definition) is 2. The molecule has 0 radical (unpaired) electrons. The van der Waals surface area contributed by atoms with Crippen molar-refractivity contribution in [1.29, 1.82) is 0 Å². The maximum atomic E-state index is 5.69. The number of hydrogen-bond acceptors (Lipinski definition) is 5. The quantitative estimate of drug-likeness (QED) is 0.562. The SMILES string of the molecule is Cc1cnccc1C(Cc1cn2ccsc2n1)NN. The van der Waals surface area contributed by atoms with Gasteiger partial charge in [-0.2, -0.15) is 0 Å². The number of nitrogens with zero attached hydrogens (tertiary/aromatic N) is 3. The van der Waals surface area contributed by atoms with E-state index < -0.39 is 0 Å². The van der Waals surface area contributed by atoms with Crippen molar-refractivity contribution < 1.29 is 0 Å². The topological polar surface area (TPSA) is 68.2 Å². The molecule has 0 aliphatic rings. The molecule has 0 aliphatic carbocycles. The second kappa shape index (κ2) is 5.08. The minimum absolute atomic E-state index is 0.0487. The zero-order chi connectivity index (χ0) is 13.2. The highest BCUT2D eigenvalue weighted by Gasteiger charge is 2.15. The fraction of sp³-hybridized carbons (Fsp3) is 0.231. The predicted molar refractivity (Wildman–Crippen MR) is 75.8 cm³/mol. The lowest BCUT2D eigenvalue weighted by Gasteiger charge is -2.16. The molecule has 19 heavy (non-hydrogen) atoms. The van der Waals surface area contributed by atoms with Gasteiger partial charge in [0, 0.05) is 36.6 Å². The third-order valence-corrected chi connectivity index (χ3v) is 3.97. The summed E-state index contributed by atoms with van der Waals surface area (Å²) >= 11 is 1.63. The van der Waals surface area contributed by atoms with E-state index in [4.69, 9.17) is 5.84 Å². The highest BCUT2D eigenvalue weighted by atomic mass is 32.1. The third-order valence-electron chi connectivity index (χ3n) is 3.20. The van der Waals surface area contributed by atoms with E-state index in [0.29, 0.717) is 0 Å². The molecule has 0 fully saturated rings. The van der Waals surface area contributed by atoms with Crippen LogP contribution in [-0.2, 0) is 6.42 Å². The molecule has 1 atom stereocenters. The summed E-state index contributed by atoms with van der Waals surface area (Å²) in [6.45, 7) is 2.04.